The molecule has 46 atom stereocenters. The minimum absolute atomic E-state index is 0.827. The first-order valence-electron chi connectivity index (χ1n) is 37.1. The summed E-state index contributed by atoms with van der Waals surface area (Å²) in [6.45, 7) is -3.81. The van der Waals surface area contributed by atoms with Crippen LogP contribution in [0.3, 0.4) is 0 Å². The van der Waals surface area contributed by atoms with Gasteiger partial charge >= 0.3 is 5.97 Å². The second-order valence-corrected chi connectivity index (χ2v) is 29.7. The lowest BCUT2D eigenvalue weighted by atomic mass is 9.88. The fraction of sp³-hybridized carbons (Fsp3) is 0.923. The highest BCUT2D eigenvalue weighted by atomic mass is 16.8. The Morgan fingerprint density at radius 3 is 1.24 bits per heavy atom. The van der Waals surface area contributed by atoms with Crippen molar-refractivity contribution in [3.05, 3.63) is 0 Å². The minimum atomic E-state index is -3.08. The Morgan fingerprint density at radius 1 is 0.368 bits per heavy atom. The number of ether oxygens (including phenoxy) is 17. The number of aliphatic hydroxyl groups is 25. The van der Waals surface area contributed by atoms with Gasteiger partial charge in [-0.2, -0.15) is 0 Å². The van der Waals surface area contributed by atoms with Gasteiger partial charge in [0.15, 0.2) is 50.3 Å². The Labute approximate surface area is 662 Å². The minimum Gasteiger partial charge on any atom is -0.477 e. The molecule has 0 unspecified atom stereocenters. The molecule has 0 spiro atoms. The molecular weight excluding hydrogens is 1600 g/mol. The van der Waals surface area contributed by atoms with Crippen LogP contribution in [0.2, 0.25) is 0 Å². The van der Waals surface area contributed by atoms with Gasteiger partial charge in [-0.3, -0.25) is 19.2 Å². The van der Waals surface area contributed by atoms with Gasteiger partial charge in [-0.25, -0.2) is 4.79 Å². The van der Waals surface area contributed by atoms with E-state index in [0.29, 0.717) is 0 Å². The maximum atomic E-state index is 13.1. The molecular formula is C65H108N4O48. The number of amides is 4. The number of carboxylic acid groups (broad SMARTS) is 1. The third kappa shape index (κ3) is 21.5. The molecule has 9 aliphatic rings. The number of aliphatic hydroxyl groups excluding tert-OH is 25. The monoisotopic (exact) mass is 1710 g/mol. The van der Waals surface area contributed by atoms with Crippen molar-refractivity contribution >= 4 is 29.6 Å². The van der Waals surface area contributed by atoms with Crippen LogP contribution in [-0.2, 0) is 104 Å². The molecule has 0 bridgehead atoms. The molecule has 0 aromatic heterocycles. The quantitative estimate of drug-likeness (QED) is 0.0306. The first kappa shape index (κ1) is 96.5. The van der Waals surface area contributed by atoms with Crippen molar-refractivity contribution in [2.24, 2.45) is 0 Å². The van der Waals surface area contributed by atoms with Crippen molar-refractivity contribution in [1.29, 1.82) is 0 Å². The fourth-order valence-corrected chi connectivity index (χ4v) is 14.9. The topological polar surface area (TPSA) is 816 Å². The number of aliphatic carboxylic acids is 1. The highest BCUT2D eigenvalue weighted by Gasteiger charge is 2.62. The number of hydrogen-bond donors (Lipinski definition) is 30. The average molecular weight is 1710 g/mol. The Balaban J connectivity index is 0.983. The van der Waals surface area contributed by atoms with Crippen LogP contribution in [0.1, 0.15) is 41.0 Å². The Hall–Kier alpha value is -4.33. The number of carbonyl (C=O) groups is 5. The van der Waals surface area contributed by atoms with Gasteiger partial charge in [0, 0.05) is 34.1 Å². The molecule has 0 aliphatic carbocycles. The summed E-state index contributed by atoms with van der Waals surface area (Å²) in [5.41, 5.74) is 0. The zero-order valence-corrected chi connectivity index (χ0v) is 63.0. The predicted molar refractivity (Wildman–Crippen MR) is 359 cm³/mol. The average Bonchev–Trinajstić information content (AvgIpc) is 0.765. The summed E-state index contributed by atoms with van der Waals surface area (Å²) in [6.07, 6.45) is -86.9. The third-order valence-corrected chi connectivity index (χ3v) is 21.3. The van der Waals surface area contributed by atoms with E-state index in [1.165, 1.54) is 6.92 Å². The van der Waals surface area contributed by atoms with E-state index in [1.807, 2.05) is 0 Å². The highest BCUT2D eigenvalue weighted by Crippen LogP contribution is 2.41. The maximum absolute atomic E-state index is 13.1. The molecule has 9 heterocycles. The molecule has 9 rings (SSSR count). The van der Waals surface area contributed by atoms with E-state index in [0.717, 1.165) is 27.7 Å². The van der Waals surface area contributed by atoms with Crippen molar-refractivity contribution in [1.82, 2.24) is 21.3 Å². The number of nitrogens with one attached hydrogen (secondary N) is 4. The van der Waals surface area contributed by atoms with E-state index in [-0.39, 0.29) is 0 Å². The lowest BCUT2D eigenvalue weighted by Crippen LogP contribution is -2.71. The Morgan fingerprint density at radius 2 is 0.744 bits per heavy atom. The summed E-state index contributed by atoms with van der Waals surface area (Å²) in [5, 5.41) is 297. The molecule has 0 saturated carbocycles. The first-order chi connectivity index (χ1) is 55.1. The summed E-state index contributed by atoms with van der Waals surface area (Å²) >= 11 is 0. The molecule has 117 heavy (non-hydrogen) atoms. The van der Waals surface area contributed by atoms with Gasteiger partial charge in [-0.05, 0) is 6.92 Å². The van der Waals surface area contributed by atoms with Crippen molar-refractivity contribution in [3.8, 4) is 0 Å². The van der Waals surface area contributed by atoms with Crippen LogP contribution < -0.4 is 21.3 Å². The molecule has 30 N–H and O–H groups in total. The van der Waals surface area contributed by atoms with Crippen molar-refractivity contribution in [2.45, 2.75) is 323 Å². The molecule has 4 amide bonds. The lowest BCUT2D eigenvalue weighted by molar-refractivity contribution is -0.398. The third-order valence-electron chi connectivity index (χ3n) is 21.3. The molecule has 0 aromatic carbocycles. The summed E-state index contributed by atoms with van der Waals surface area (Å²) in [6, 6.07) is -7.43. The van der Waals surface area contributed by atoms with Crippen molar-refractivity contribution < 1.29 is 237 Å². The van der Waals surface area contributed by atoms with Gasteiger partial charge in [0.2, 0.25) is 23.6 Å². The second-order valence-electron chi connectivity index (χ2n) is 29.7. The molecule has 9 saturated heterocycles. The van der Waals surface area contributed by atoms with Gasteiger partial charge in [0.05, 0.1) is 71.1 Å². The predicted octanol–water partition coefficient (Wildman–Crippen LogP) is -19.8. The lowest BCUT2D eigenvalue weighted by Gasteiger charge is -2.51. The zero-order valence-electron chi connectivity index (χ0n) is 63.0. The van der Waals surface area contributed by atoms with Crippen LogP contribution in [0, 0.1) is 0 Å². The van der Waals surface area contributed by atoms with Crippen LogP contribution >= 0.6 is 0 Å². The second kappa shape index (κ2) is 41.4. The summed E-state index contributed by atoms with van der Waals surface area (Å²) < 4.78 is 99.7. The van der Waals surface area contributed by atoms with Crippen LogP contribution in [0.5, 0.6) is 0 Å². The van der Waals surface area contributed by atoms with Crippen molar-refractivity contribution in [3.63, 3.8) is 0 Å². The largest absolute Gasteiger partial charge is 0.477 e. The van der Waals surface area contributed by atoms with E-state index >= 15 is 0 Å². The van der Waals surface area contributed by atoms with E-state index in [4.69, 9.17) is 80.5 Å². The van der Waals surface area contributed by atoms with E-state index in [2.05, 4.69) is 21.3 Å². The van der Waals surface area contributed by atoms with Crippen LogP contribution in [-0.4, -0.2) is 497 Å². The molecule has 9 aliphatic heterocycles. The van der Waals surface area contributed by atoms with Gasteiger partial charge in [-0.1, -0.05) is 0 Å². The van der Waals surface area contributed by atoms with Crippen molar-refractivity contribution in [2.75, 3.05) is 52.9 Å². The van der Waals surface area contributed by atoms with Crippen LogP contribution in [0.25, 0.3) is 0 Å². The number of carbonyl (C=O) groups excluding carboxylic acids is 4. The van der Waals surface area contributed by atoms with E-state index < -0.39 is 371 Å². The summed E-state index contributed by atoms with van der Waals surface area (Å²) in [5.74, 6) is -8.76. The number of carboxylic acids is 1. The fourth-order valence-electron chi connectivity index (χ4n) is 14.9. The molecule has 676 valence electrons. The van der Waals surface area contributed by atoms with Crippen LogP contribution in [0.4, 0.5) is 0 Å². The van der Waals surface area contributed by atoms with E-state index in [1.54, 1.807) is 0 Å². The van der Waals surface area contributed by atoms with Gasteiger partial charge in [0.1, 0.15) is 207 Å². The molecule has 0 aromatic rings. The van der Waals surface area contributed by atoms with Gasteiger partial charge < -0.3 is 235 Å². The Kier molecular flexibility index (Phi) is 34.2. The van der Waals surface area contributed by atoms with Gasteiger partial charge in [-0.15, -0.1) is 0 Å². The summed E-state index contributed by atoms with van der Waals surface area (Å²) in [4.78, 5) is 63.6. The normalized spacial score (nSPS) is 47.9. The summed E-state index contributed by atoms with van der Waals surface area (Å²) in [7, 11) is 0. The molecule has 0 radical (unpaired) electrons. The molecule has 52 nitrogen and oxygen atoms in total. The Bertz CT molecular complexity index is 3190. The maximum Gasteiger partial charge on any atom is 0.364 e. The molecule has 52 heteroatoms. The standard InChI is InChI=1S/C65H108N4O48/c1-15-33(81)42(90)46(94)59(104-15)102-13-28-52(39(87)30(56(98)105-28)67-17(3)76)112-57-31(68-18(4)77)40(88)51(25(11-74)108-57)114-62-49(97)54(38(86)26(110-62)12-101-60-47(95)43(91)35(83)22(8-71)106-60)115-63-55(45(93)36(84)23(9-72)107-63)116-58-32(69-19(5)78)41(89)50(24(10-73)109-58)113-61-48(96)44(92)37(85)27(111-61)14-103-65(64(99)100)6-20(79)29(66-16(2)75)53(117-65)34(82)21(80)7-70/h15,20-63,70-74,79-98H,6-14H2,1-5H3,(H,66,75)(H,67,76)(H,68,77)(H,69,78)(H,99,100)/t15-,20+,21-,22-,23-,24-,25-,26-,27-,28-,29-,30-,31-,32-,33+,34-,35-,36-,37+,38-,39-,40-,41-,42+,43+,44+,45+,46-,47+,48-,49+,50-,51-,52-,53-,54+,55+,56-,57+,58+,59+,60+,61+,62+,63-,65-/m1/s1. The smallest absolute Gasteiger partial charge is 0.364 e. The molecule has 9 fully saturated rings. The zero-order chi connectivity index (χ0) is 86.6. The van der Waals surface area contributed by atoms with E-state index in [9.17, 15) is 157 Å². The van der Waals surface area contributed by atoms with Crippen LogP contribution in [0.15, 0.2) is 0 Å². The van der Waals surface area contributed by atoms with Gasteiger partial charge in [0.25, 0.3) is 5.79 Å². The highest BCUT2D eigenvalue weighted by molar-refractivity contribution is 5.77. The number of rotatable bonds is 31. The first-order valence-corrected chi connectivity index (χ1v) is 37.1. The SMILES string of the molecule is CC(=O)N[C@@H]1[C@@H](O)[C@H](O[C@@H]2O[C@H](CO)[C@@H](O[C@@H]3O[C@H](CO[C@H]4O[C@H](CO)[C@@H](O)[C@H](O)[C@@H]4O)[C@@H](O)[C@H](O[C@H]4O[C@H](CO)[C@@H](O)[C@H](O)[C@@H]4O[C@@H]4O[C@H](CO)[C@@H](O[C@@H]5O[C@H](CO[C@]6(C(=O)O)C[C@H](O)[C@@H](NC(C)=O)[C@H]([C@H](O)[C@H](O)CO)O6)[C@H](O)[C@H](O)[C@H]5O)[C@H](O)[C@H]4NC(C)=O)[C@@H]3O)[C@H](O)[C@H]2NC(C)=O)[C@@H](CO[C@H]2O[C@H](C)[C@H](O)[C@H](O)[C@H]2O)O[C@H]1O. The number of hydrogen-bond acceptors (Lipinski definition) is 47.